The van der Waals surface area contributed by atoms with Gasteiger partial charge >= 0.3 is 6.09 Å². The third-order valence-corrected chi connectivity index (χ3v) is 8.36. The van der Waals surface area contributed by atoms with Gasteiger partial charge in [-0.1, -0.05) is 30.3 Å². The molecule has 1 unspecified atom stereocenters. The molecule has 3 saturated heterocycles. The van der Waals surface area contributed by atoms with Crippen molar-refractivity contribution >= 4 is 6.09 Å². The highest BCUT2D eigenvalue weighted by atomic mass is 16.6. The van der Waals surface area contributed by atoms with Gasteiger partial charge in [0.15, 0.2) is 0 Å². The lowest BCUT2D eigenvalue weighted by Crippen LogP contribution is -2.52. The Balaban J connectivity index is 1.14. The quantitative estimate of drug-likeness (QED) is 0.611. The number of nitrogens with one attached hydrogen (secondary N) is 1. The van der Waals surface area contributed by atoms with Gasteiger partial charge in [0.05, 0.1) is 12.6 Å². The van der Waals surface area contributed by atoms with Gasteiger partial charge in [-0.25, -0.2) is 4.79 Å². The number of alkyl carbamates (subject to hydrolysis) is 1. The molecule has 2 bridgehead atoms. The van der Waals surface area contributed by atoms with Crippen LogP contribution in [0.4, 0.5) is 4.79 Å². The van der Waals surface area contributed by atoms with E-state index in [0.717, 1.165) is 57.5 Å². The molecule has 1 spiro atoms. The zero-order valence-corrected chi connectivity index (χ0v) is 19.9. The van der Waals surface area contributed by atoms with E-state index in [1.165, 1.54) is 22.3 Å². The highest BCUT2D eigenvalue weighted by Crippen LogP contribution is 2.62. The van der Waals surface area contributed by atoms with E-state index in [2.05, 4.69) is 40.5 Å². The Hall–Kier alpha value is -2.57. The molecule has 1 N–H and O–H groups in total. The lowest BCUT2D eigenvalue weighted by Gasteiger charge is -2.44. The Labute approximate surface area is 201 Å². The number of methoxy groups -OCH3 is 1. The summed E-state index contributed by atoms with van der Waals surface area (Å²) in [6, 6.07) is 15.0. The van der Waals surface area contributed by atoms with E-state index in [1.54, 1.807) is 7.11 Å². The topological polar surface area (TPSA) is 60.0 Å². The minimum atomic E-state index is -0.240. The molecule has 7 rings (SSSR count). The number of nitrogens with zero attached hydrogens (tertiary/aromatic N) is 1. The molecule has 34 heavy (non-hydrogen) atoms. The zero-order chi connectivity index (χ0) is 23.1. The molecule has 2 aromatic carbocycles. The minimum Gasteiger partial charge on any atom is -0.491 e. The van der Waals surface area contributed by atoms with Crippen LogP contribution < -0.4 is 10.1 Å². The first-order valence-corrected chi connectivity index (χ1v) is 12.7. The molecular weight excluding hydrogens is 428 g/mol. The molecule has 0 aromatic heterocycles. The van der Waals surface area contributed by atoms with E-state index in [9.17, 15) is 4.79 Å². The summed E-state index contributed by atoms with van der Waals surface area (Å²) in [4.78, 5) is 15.3. The molecule has 2 aromatic rings. The van der Waals surface area contributed by atoms with Gasteiger partial charge < -0.3 is 19.5 Å². The normalized spacial score (nSPS) is 27.9. The van der Waals surface area contributed by atoms with Crippen molar-refractivity contribution in [2.45, 2.75) is 44.2 Å². The van der Waals surface area contributed by atoms with Gasteiger partial charge in [0, 0.05) is 13.7 Å². The lowest BCUT2D eigenvalue weighted by molar-refractivity contribution is -0.0344. The van der Waals surface area contributed by atoms with Gasteiger partial charge in [0.2, 0.25) is 0 Å². The van der Waals surface area contributed by atoms with Crippen LogP contribution in [0.25, 0.3) is 11.1 Å². The number of rotatable bonds is 7. The Morgan fingerprint density at radius 1 is 1.06 bits per heavy atom. The van der Waals surface area contributed by atoms with Gasteiger partial charge in [-0.15, -0.1) is 0 Å². The van der Waals surface area contributed by atoms with Crippen LogP contribution in [0.3, 0.4) is 0 Å². The molecule has 5 aliphatic rings. The molecule has 0 radical (unpaired) electrons. The molecule has 3 aliphatic heterocycles. The van der Waals surface area contributed by atoms with E-state index in [1.807, 2.05) is 12.1 Å². The number of benzene rings is 2. The summed E-state index contributed by atoms with van der Waals surface area (Å²) in [5, 5.41) is 3.28. The molecule has 1 amide bonds. The number of carbonyl (C=O) groups excluding carboxylic acids is 1. The van der Waals surface area contributed by atoms with Crippen LogP contribution in [0.2, 0.25) is 0 Å². The maximum atomic E-state index is 12.9. The second-order valence-electron chi connectivity index (χ2n) is 10.5. The first kappa shape index (κ1) is 21.9. The van der Waals surface area contributed by atoms with E-state index >= 15 is 0 Å². The van der Waals surface area contributed by atoms with Crippen LogP contribution in [0.1, 0.15) is 42.9 Å². The van der Waals surface area contributed by atoms with E-state index in [0.29, 0.717) is 19.1 Å². The molecule has 2 aliphatic carbocycles. The first-order valence-electron chi connectivity index (χ1n) is 12.7. The Morgan fingerprint density at radius 3 is 2.50 bits per heavy atom. The summed E-state index contributed by atoms with van der Waals surface area (Å²) in [5.41, 5.74) is 5.15. The number of amides is 1. The van der Waals surface area contributed by atoms with Crippen LogP contribution >= 0.6 is 0 Å². The predicted molar refractivity (Wildman–Crippen MR) is 130 cm³/mol. The third kappa shape index (κ3) is 4.18. The standard InChI is InChI=1S/C28H34N2O4/c1-32-14-15-33-23-5-2-19(3-6-23)21-4-7-24-22(16-21)17-28(10-11-28)26(24)29-27(31)34-25-18-30-12-8-20(25)9-13-30/h2-7,16,20,25-26H,8-15,17-18H2,1H3,(H,29,31)/t25-,26?/m1/s1. The summed E-state index contributed by atoms with van der Waals surface area (Å²) in [7, 11) is 1.67. The van der Waals surface area contributed by atoms with E-state index in [-0.39, 0.29) is 23.7 Å². The van der Waals surface area contributed by atoms with Crippen molar-refractivity contribution < 1.29 is 19.0 Å². The summed E-state index contributed by atoms with van der Waals surface area (Å²) in [6.45, 7) is 4.32. The Kier molecular flexibility index (Phi) is 5.74. The van der Waals surface area contributed by atoms with Crippen molar-refractivity contribution in [3.63, 3.8) is 0 Å². The predicted octanol–water partition coefficient (Wildman–Crippen LogP) is 4.58. The van der Waals surface area contributed by atoms with Crippen LogP contribution in [-0.2, 0) is 15.9 Å². The monoisotopic (exact) mass is 462 g/mol. The zero-order valence-electron chi connectivity index (χ0n) is 19.9. The van der Waals surface area contributed by atoms with Crippen molar-refractivity contribution in [3.8, 4) is 16.9 Å². The SMILES string of the molecule is COCCOc1ccc(-c2ccc3c(c2)CC2(CC2)C3NC(=O)O[C@@H]2CN3CCC2CC3)cc1. The van der Waals surface area contributed by atoms with Crippen molar-refractivity contribution in [3.05, 3.63) is 53.6 Å². The van der Waals surface area contributed by atoms with E-state index in [4.69, 9.17) is 14.2 Å². The Bertz CT molecular complexity index is 1040. The summed E-state index contributed by atoms with van der Waals surface area (Å²) >= 11 is 0. The fraction of sp³-hybridized carbons (Fsp3) is 0.536. The van der Waals surface area contributed by atoms with Crippen molar-refractivity contribution in [1.82, 2.24) is 10.2 Å². The molecule has 4 fully saturated rings. The van der Waals surface area contributed by atoms with Gasteiger partial charge in [-0.2, -0.15) is 0 Å². The number of carbonyl (C=O) groups is 1. The van der Waals surface area contributed by atoms with E-state index < -0.39 is 0 Å². The molecule has 6 nitrogen and oxygen atoms in total. The molecule has 1 saturated carbocycles. The van der Waals surface area contributed by atoms with Crippen LogP contribution in [0.5, 0.6) is 5.75 Å². The highest BCUT2D eigenvalue weighted by Gasteiger charge is 2.55. The van der Waals surface area contributed by atoms with Crippen LogP contribution in [0, 0.1) is 11.3 Å². The van der Waals surface area contributed by atoms with Crippen molar-refractivity contribution in [2.75, 3.05) is 40.0 Å². The molecule has 2 atom stereocenters. The smallest absolute Gasteiger partial charge is 0.407 e. The second-order valence-corrected chi connectivity index (χ2v) is 10.5. The number of ether oxygens (including phenoxy) is 3. The lowest BCUT2D eigenvalue weighted by atomic mass is 9.86. The molecule has 3 heterocycles. The maximum absolute atomic E-state index is 12.9. The number of hydrogen-bond acceptors (Lipinski definition) is 5. The highest BCUT2D eigenvalue weighted by molar-refractivity contribution is 5.71. The number of fused-ring (bicyclic) bond motifs is 4. The number of piperidine rings is 3. The fourth-order valence-electron chi connectivity index (χ4n) is 6.21. The van der Waals surface area contributed by atoms with Crippen molar-refractivity contribution in [1.29, 1.82) is 0 Å². The third-order valence-electron chi connectivity index (χ3n) is 8.36. The molecule has 6 heteroatoms. The van der Waals surface area contributed by atoms with Gasteiger partial charge in [-0.3, -0.25) is 4.90 Å². The van der Waals surface area contributed by atoms with Gasteiger partial charge in [-0.05, 0) is 90.9 Å². The number of hydrogen-bond donors (Lipinski definition) is 1. The van der Waals surface area contributed by atoms with Crippen LogP contribution in [0.15, 0.2) is 42.5 Å². The van der Waals surface area contributed by atoms with Crippen LogP contribution in [-0.4, -0.2) is 57.1 Å². The summed E-state index contributed by atoms with van der Waals surface area (Å²) < 4.78 is 16.7. The fourth-order valence-corrected chi connectivity index (χ4v) is 6.21. The largest absolute Gasteiger partial charge is 0.491 e. The Morgan fingerprint density at radius 2 is 1.82 bits per heavy atom. The minimum absolute atomic E-state index is 0.0438. The summed E-state index contributed by atoms with van der Waals surface area (Å²) in [5.74, 6) is 1.38. The van der Waals surface area contributed by atoms with Gasteiger partial charge in [0.1, 0.15) is 18.5 Å². The molecule has 180 valence electrons. The second kappa shape index (κ2) is 8.90. The summed E-state index contributed by atoms with van der Waals surface area (Å²) in [6.07, 6.45) is 5.45. The average molecular weight is 463 g/mol. The molecular formula is C28H34N2O4. The van der Waals surface area contributed by atoms with Crippen molar-refractivity contribution in [2.24, 2.45) is 11.3 Å². The van der Waals surface area contributed by atoms with Gasteiger partial charge in [0.25, 0.3) is 0 Å². The maximum Gasteiger partial charge on any atom is 0.407 e. The first-order chi connectivity index (χ1) is 16.6. The average Bonchev–Trinajstić information content (AvgIpc) is 3.57.